The number of aromatic nitrogens is 1. The highest BCUT2D eigenvalue weighted by Crippen LogP contribution is 2.46. The zero-order valence-corrected chi connectivity index (χ0v) is 10.8. The fourth-order valence-corrected chi connectivity index (χ4v) is 3.53. The molecule has 0 aromatic carbocycles. The molecule has 19 heavy (non-hydrogen) atoms. The summed E-state index contributed by atoms with van der Waals surface area (Å²) in [7, 11) is 0. The van der Waals surface area contributed by atoms with Gasteiger partial charge in [-0.25, -0.2) is 4.98 Å². The van der Waals surface area contributed by atoms with E-state index in [-0.39, 0.29) is 18.0 Å². The fourth-order valence-electron chi connectivity index (χ4n) is 3.28. The van der Waals surface area contributed by atoms with Crippen molar-refractivity contribution in [1.29, 1.82) is 5.26 Å². The third-order valence-corrected chi connectivity index (χ3v) is 4.46. The zero-order chi connectivity index (χ0) is 13.6. The number of carbonyl (C=O) groups is 1. The number of aliphatic carboxylic acids is 1. The second kappa shape index (κ2) is 4.39. The van der Waals surface area contributed by atoms with Gasteiger partial charge in [0.05, 0.1) is 11.5 Å². The van der Waals surface area contributed by atoms with Crippen LogP contribution in [0.1, 0.15) is 24.8 Å². The Bertz CT molecular complexity index is 584. The molecule has 1 aromatic heterocycles. The second-order valence-corrected chi connectivity index (χ2v) is 5.37. The second-order valence-electron chi connectivity index (χ2n) is 4.99. The predicted molar refractivity (Wildman–Crippen MR) is 69.0 cm³/mol. The van der Waals surface area contributed by atoms with E-state index in [2.05, 4.69) is 4.98 Å². The van der Waals surface area contributed by atoms with Gasteiger partial charge >= 0.3 is 5.97 Å². The SMILES string of the molecule is N#Cc1ccnc(N2C3CCC2C(C(=O)O)C3)c1Cl. The van der Waals surface area contributed by atoms with Crippen LogP contribution in [0.25, 0.3) is 0 Å². The maximum absolute atomic E-state index is 11.2. The van der Waals surface area contributed by atoms with Crippen LogP contribution in [0.5, 0.6) is 0 Å². The third kappa shape index (κ3) is 1.75. The number of rotatable bonds is 2. The summed E-state index contributed by atoms with van der Waals surface area (Å²) >= 11 is 6.20. The molecular formula is C13H12ClN3O2. The van der Waals surface area contributed by atoms with E-state index in [0.29, 0.717) is 22.8 Å². The summed E-state index contributed by atoms with van der Waals surface area (Å²) in [4.78, 5) is 17.5. The van der Waals surface area contributed by atoms with Gasteiger partial charge in [-0.3, -0.25) is 4.79 Å². The molecule has 6 heteroatoms. The number of halogens is 1. The van der Waals surface area contributed by atoms with Gasteiger partial charge in [0.25, 0.3) is 0 Å². The maximum atomic E-state index is 11.2. The first-order valence-corrected chi connectivity index (χ1v) is 6.57. The van der Waals surface area contributed by atoms with E-state index in [4.69, 9.17) is 16.9 Å². The molecular weight excluding hydrogens is 266 g/mol. The van der Waals surface area contributed by atoms with E-state index in [1.165, 1.54) is 0 Å². The fraction of sp³-hybridized carbons (Fsp3) is 0.462. The highest BCUT2D eigenvalue weighted by Gasteiger charge is 2.50. The van der Waals surface area contributed by atoms with Crippen molar-refractivity contribution in [2.24, 2.45) is 5.92 Å². The highest BCUT2D eigenvalue weighted by atomic mass is 35.5. The van der Waals surface area contributed by atoms with Crippen molar-refractivity contribution < 1.29 is 9.90 Å². The zero-order valence-electron chi connectivity index (χ0n) is 10.1. The van der Waals surface area contributed by atoms with Gasteiger partial charge < -0.3 is 10.0 Å². The van der Waals surface area contributed by atoms with Crippen LogP contribution >= 0.6 is 11.6 Å². The first kappa shape index (κ1) is 12.2. The van der Waals surface area contributed by atoms with Gasteiger partial charge in [0, 0.05) is 18.3 Å². The van der Waals surface area contributed by atoms with E-state index < -0.39 is 5.97 Å². The van der Waals surface area contributed by atoms with Crippen LogP contribution in [0.4, 0.5) is 5.82 Å². The molecule has 3 rings (SSSR count). The van der Waals surface area contributed by atoms with Crippen molar-refractivity contribution >= 4 is 23.4 Å². The number of nitrogens with zero attached hydrogens (tertiary/aromatic N) is 3. The summed E-state index contributed by atoms with van der Waals surface area (Å²) in [6.45, 7) is 0. The lowest BCUT2D eigenvalue weighted by Crippen LogP contribution is -2.33. The standard InChI is InChI=1S/C13H12ClN3O2/c14-11-7(6-15)3-4-16-12(11)17-8-1-2-10(17)9(5-8)13(18)19/h3-4,8-10H,1-2,5H2,(H,18,19). The van der Waals surface area contributed by atoms with Crippen molar-refractivity contribution in [1.82, 2.24) is 4.98 Å². The van der Waals surface area contributed by atoms with Crippen LogP contribution in [0.15, 0.2) is 12.3 Å². The molecule has 2 bridgehead atoms. The molecule has 2 fully saturated rings. The van der Waals surface area contributed by atoms with E-state index in [1.807, 2.05) is 11.0 Å². The molecule has 0 amide bonds. The van der Waals surface area contributed by atoms with Crippen LogP contribution < -0.4 is 4.90 Å². The Labute approximate surface area is 115 Å². The lowest BCUT2D eigenvalue weighted by atomic mass is 9.89. The number of anilines is 1. The molecule has 0 saturated carbocycles. The molecule has 5 nitrogen and oxygen atoms in total. The Morgan fingerprint density at radius 1 is 1.58 bits per heavy atom. The average Bonchev–Trinajstić information content (AvgIpc) is 2.96. The van der Waals surface area contributed by atoms with Crippen molar-refractivity contribution in [2.45, 2.75) is 31.3 Å². The van der Waals surface area contributed by atoms with E-state index in [1.54, 1.807) is 12.3 Å². The molecule has 2 aliphatic rings. The topological polar surface area (TPSA) is 77.2 Å². The van der Waals surface area contributed by atoms with E-state index >= 15 is 0 Å². The van der Waals surface area contributed by atoms with Gasteiger partial charge in [-0.1, -0.05) is 11.6 Å². The Morgan fingerprint density at radius 3 is 3.00 bits per heavy atom. The Balaban J connectivity index is 2.01. The molecule has 1 N–H and O–H groups in total. The van der Waals surface area contributed by atoms with Gasteiger partial charge in [-0.05, 0) is 25.3 Å². The van der Waals surface area contributed by atoms with E-state index in [9.17, 15) is 9.90 Å². The molecule has 3 unspecified atom stereocenters. The normalized spacial score (nSPS) is 28.4. The van der Waals surface area contributed by atoms with Crippen molar-refractivity contribution in [3.05, 3.63) is 22.8 Å². The highest BCUT2D eigenvalue weighted by molar-refractivity contribution is 6.34. The number of hydrogen-bond acceptors (Lipinski definition) is 4. The minimum Gasteiger partial charge on any atom is -0.481 e. The largest absolute Gasteiger partial charge is 0.481 e. The monoisotopic (exact) mass is 277 g/mol. The van der Waals surface area contributed by atoms with Crippen LogP contribution in [0, 0.1) is 17.2 Å². The van der Waals surface area contributed by atoms with Gasteiger partial charge in [-0.15, -0.1) is 0 Å². The Hall–Kier alpha value is -1.80. The molecule has 0 spiro atoms. The number of carboxylic acids is 1. The summed E-state index contributed by atoms with van der Waals surface area (Å²) in [5.74, 6) is -0.566. The van der Waals surface area contributed by atoms with Gasteiger partial charge in [0.15, 0.2) is 0 Å². The molecule has 3 heterocycles. The van der Waals surface area contributed by atoms with E-state index in [0.717, 1.165) is 12.8 Å². The van der Waals surface area contributed by atoms with Crippen molar-refractivity contribution in [3.63, 3.8) is 0 Å². The van der Waals surface area contributed by atoms with Crippen LogP contribution in [0.3, 0.4) is 0 Å². The molecule has 0 aliphatic carbocycles. The lowest BCUT2D eigenvalue weighted by Gasteiger charge is -2.25. The predicted octanol–water partition coefficient (Wildman–Crippen LogP) is 2.05. The summed E-state index contributed by atoms with van der Waals surface area (Å²) < 4.78 is 0. The average molecular weight is 278 g/mol. The molecule has 3 atom stereocenters. The van der Waals surface area contributed by atoms with Crippen LogP contribution in [0.2, 0.25) is 5.02 Å². The van der Waals surface area contributed by atoms with Crippen LogP contribution in [-0.4, -0.2) is 28.1 Å². The molecule has 1 aromatic rings. The van der Waals surface area contributed by atoms with Crippen molar-refractivity contribution in [3.8, 4) is 6.07 Å². The number of hydrogen-bond donors (Lipinski definition) is 1. The lowest BCUT2D eigenvalue weighted by molar-refractivity contribution is -0.142. The molecule has 2 aliphatic heterocycles. The van der Waals surface area contributed by atoms with Crippen LogP contribution in [-0.2, 0) is 4.79 Å². The smallest absolute Gasteiger partial charge is 0.308 e. The number of nitriles is 1. The number of carboxylic acid groups (broad SMARTS) is 1. The Morgan fingerprint density at radius 2 is 2.37 bits per heavy atom. The summed E-state index contributed by atoms with van der Waals surface area (Å²) in [6.07, 6.45) is 3.99. The molecule has 2 saturated heterocycles. The molecule has 0 radical (unpaired) electrons. The number of pyridine rings is 1. The molecule has 98 valence electrons. The Kier molecular flexibility index (Phi) is 2.83. The quantitative estimate of drug-likeness (QED) is 0.895. The first-order chi connectivity index (χ1) is 9.13. The minimum atomic E-state index is -0.759. The van der Waals surface area contributed by atoms with Gasteiger partial charge in [0.2, 0.25) is 0 Å². The summed E-state index contributed by atoms with van der Waals surface area (Å²) in [5.41, 5.74) is 0.379. The van der Waals surface area contributed by atoms with Gasteiger partial charge in [0.1, 0.15) is 16.9 Å². The summed E-state index contributed by atoms with van der Waals surface area (Å²) in [5, 5.41) is 18.6. The van der Waals surface area contributed by atoms with Gasteiger partial charge in [-0.2, -0.15) is 5.26 Å². The maximum Gasteiger partial charge on any atom is 0.308 e. The number of fused-ring (bicyclic) bond motifs is 2. The first-order valence-electron chi connectivity index (χ1n) is 6.19. The minimum absolute atomic E-state index is 0.0542. The summed E-state index contributed by atoms with van der Waals surface area (Å²) in [6, 6.07) is 3.71. The third-order valence-electron chi connectivity index (χ3n) is 4.09. The van der Waals surface area contributed by atoms with Crippen molar-refractivity contribution in [2.75, 3.05) is 4.90 Å².